The number of unbranched alkanes of at least 4 members (excludes halogenated alkanes) is 1. The fourth-order valence-electron chi connectivity index (χ4n) is 3.55. The average Bonchev–Trinajstić information content (AvgIpc) is 3.12. The zero-order valence-electron chi connectivity index (χ0n) is 15.7. The Kier molecular flexibility index (Phi) is 5.44. The number of ether oxygens (including phenoxy) is 1. The lowest BCUT2D eigenvalue weighted by atomic mass is 9.88. The zero-order valence-corrected chi connectivity index (χ0v) is 16.5. The first-order valence-electron chi connectivity index (χ1n) is 9.56. The number of nitrogens with one attached hydrogen (secondary N) is 1. The summed E-state index contributed by atoms with van der Waals surface area (Å²) in [5.74, 6) is 0.523. The Balaban J connectivity index is 1.73. The summed E-state index contributed by atoms with van der Waals surface area (Å²) in [5.41, 5.74) is 3.71. The van der Waals surface area contributed by atoms with Crippen LogP contribution in [0.1, 0.15) is 42.5 Å². The average molecular weight is 395 g/mol. The van der Waals surface area contributed by atoms with Crippen molar-refractivity contribution in [2.24, 2.45) is 0 Å². The Morgan fingerprint density at radius 3 is 2.75 bits per heavy atom. The highest BCUT2D eigenvalue weighted by molar-refractivity contribution is 7.11. The van der Waals surface area contributed by atoms with Crippen LogP contribution in [0.2, 0.25) is 0 Å². The van der Waals surface area contributed by atoms with E-state index in [0.717, 1.165) is 45.8 Å². The molecule has 0 aliphatic carbocycles. The van der Waals surface area contributed by atoms with Gasteiger partial charge in [0.1, 0.15) is 11.6 Å². The third-order valence-electron chi connectivity index (χ3n) is 5.00. The molecule has 1 amide bonds. The van der Waals surface area contributed by atoms with Crippen molar-refractivity contribution in [3.05, 3.63) is 70.2 Å². The van der Waals surface area contributed by atoms with Crippen LogP contribution < -0.4 is 10.1 Å². The number of para-hydroxylation sites is 1. The molecule has 1 atom stereocenters. The van der Waals surface area contributed by atoms with E-state index in [1.54, 1.807) is 23.5 Å². The van der Waals surface area contributed by atoms with Crippen LogP contribution in [0.25, 0.3) is 11.1 Å². The highest BCUT2D eigenvalue weighted by Crippen LogP contribution is 2.48. The lowest BCUT2D eigenvalue weighted by Gasteiger charge is -2.25. The largest absolute Gasteiger partial charge is 0.493 e. The van der Waals surface area contributed by atoms with E-state index in [4.69, 9.17) is 4.74 Å². The van der Waals surface area contributed by atoms with Crippen molar-refractivity contribution < 1.29 is 13.9 Å². The van der Waals surface area contributed by atoms with E-state index in [-0.39, 0.29) is 17.6 Å². The van der Waals surface area contributed by atoms with Gasteiger partial charge in [0.25, 0.3) is 0 Å². The smallest absolute Gasteiger partial charge is 0.225 e. The number of rotatable bonds is 6. The molecule has 0 saturated heterocycles. The highest BCUT2D eigenvalue weighted by Gasteiger charge is 2.32. The van der Waals surface area contributed by atoms with Crippen LogP contribution in [0.4, 0.5) is 10.1 Å². The molecule has 2 aromatic carbocycles. The molecule has 0 fully saturated rings. The van der Waals surface area contributed by atoms with Crippen LogP contribution in [-0.4, -0.2) is 12.5 Å². The summed E-state index contributed by atoms with van der Waals surface area (Å²) in [6, 6.07) is 14.4. The second-order valence-corrected chi connectivity index (χ2v) is 7.85. The second kappa shape index (κ2) is 8.15. The Labute approximate surface area is 168 Å². The summed E-state index contributed by atoms with van der Waals surface area (Å²) >= 11 is 1.63. The van der Waals surface area contributed by atoms with E-state index < -0.39 is 0 Å². The number of halogens is 1. The van der Waals surface area contributed by atoms with Gasteiger partial charge in [-0.3, -0.25) is 4.79 Å². The summed E-state index contributed by atoms with van der Waals surface area (Å²) in [6.45, 7) is 2.81. The Morgan fingerprint density at radius 2 is 1.96 bits per heavy atom. The molecule has 1 aromatic heterocycles. The van der Waals surface area contributed by atoms with Crippen LogP contribution in [0, 0.1) is 5.82 Å². The molecule has 0 saturated carbocycles. The van der Waals surface area contributed by atoms with Crippen molar-refractivity contribution in [3.8, 4) is 16.9 Å². The minimum Gasteiger partial charge on any atom is -0.493 e. The van der Waals surface area contributed by atoms with E-state index in [9.17, 15) is 9.18 Å². The highest BCUT2D eigenvalue weighted by atomic mass is 32.1. The van der Waals surface area contributed by atoms with Crippen LogP contribution in [0.5, 0.6) is 5.75 Å². The molecule has 1 N–H and O–H groups in total. The van der Waals surface area contributed by atoms with E-state index in [1.165, 1.54) is 12.1 Å². The van der Waals surface area contributed by atoms with Gasteiger partial charge in [-0.05, 0) is 30.2 Å². The van der Waals surface area contributed by atoms with Gasteiger partial charge in [-0.1, -0.05) is 43.7 Å². The standard InChI is InChI=1S/C23H22FNO2S/c1-2-3-12-27-20-7-5-4-6-17(20)18-13-21(26)25-22-19(14-28-23(18)22)15-8-10-16(24)11-9-15/h4-11,14,18H,2-3,12-13H2,1H3,(H,25,26). The monoisotopic (exact) mass is 395 g/mol. The minimum absolute atomic E-state index is 0.0115. The Morgan fingerprint density at radius 1 is 1.18 bits per heavy atom. The number of thiophene rings is 1. The molecular weight excluding hydrogens is 373 g/mol. The number of carbonyl (C=O) groups is 1. The number of anilines is 1. The van der Waals surface area contributed by atoms with Gasteiger partial charge in [0, 0.05) is 33.7 Å². The maximum absolute atomic E-state index is 13.3. The lowest BCUT2D eigenvalue weighted by Crippen LogP contribution is -2.22. The van der Waals surface area contributed by atoms with Crippen molar-refractivity contribution >= 4 is 22.9 Å². The summed E-state index contributed by atoms with van der Waals surface area (Å²) in [5, 5.41) is 5.07. The quantitative estimate of drug-likeness (QED) is 0.504. The molecule has 2 heterocycles. The molecule has 1 unspecified atom stereocenters. The second-order valence-electron chi connectivity index (χ2n) is 6.94. The third kappa shape index (κ3) is 3.67. The van der Waals surface area contributed by atoms with Gasteiger partial charge in [0.2, 0.25) is 5.91 Å². The van der Waals surface area contributed by atoms with Crippen LogP contribution >= 0.6 is 11.3 Å². The zero-order chi connectivity index (χ0) is 19.5. The van der Waals surface area contributed by atoms with Gasteiger partial charge in [-0.15, -0.1) is 11.3 Å². The summed E-state index contributed by atoms with van der Waals surface area (Å²) in [7, 11) is 0. The van der Waals surface area contributed by atoms with Crippen LogP contribution in [0.3, 0.4) is 0 Å². The van der Waals surface area contributed by atoms with E-state index in [2.05, 4.69) is 12.2 Å². The summed E-state index contributed by atoms with van der Waals surface area (Å²) in [6.07, 6.45) is 2.47. The van der Waals surface area contributed by atoms with Crippen molar-refractivity contribution in [1.29, 1.82) is 0 Å². The first-order chi connectivity index (χ1) is 13.7. The molecule has 144 valence electrons. The molecule has 5 heteroatoms. The summed E-state index contributed by atoms with van der Waals surface area (Å²) in [4.78, 5) is 13.6. The fourth-order valence-corrected chi connectivity index (χ4v) is 4.70. The number of benzene rings is 2. The minimum atomic E-state index is -0.270. The van der Waals surface area contributed by atoms with Gasteiger partial charge in [-0.2, -0.15) is 0 Å². The topological polar surface area (TPSA) is 38.3 Å². The lowest BCUT2D eigenvalue weighted by molar-refractivity contribution is -0.116. The molecular formula is C23H22FNO2S. The van der Waals surface area contributed by atoms with Gasteiger partial charge in [0.05, 0.1) is 12.3 Å². The molecule has 1 aliphatic heterocycles. The number of carbonyl (C=O) groups excluding carboxylic acids is 1. The van der Waals surface area contributed by atoms with Crippen molar-refractivity contribution in [2.45, 2.75) is 32.1 Å². The van der Waals surface area contributed by atoms with Gasteiger partial charge in [0.15, 0.2) is 0 Å². The molecule has 28 heavy (non-hydrogen) atoms. The number of fused-ring (bicyclic) bond motifs is 1. The normalized spacial score (nSPS) is 15.8. The molecule has 0 spiro atoms. The number of hydrogen-bond donors (Lipinski definition) is 1. The first kappa shape index (κ1) is 18.7. The number of amides is 1. The number of hydrogen-bond acceptors (Lipinski definition) is 3. The predicted octanol–water partition coefficient (Wildman–Crippen LogP) is 6.21. The SMILES string of the molecule is CCCCOc1ccccc1C1CC(=O)Nc2c(-c3ccc(F)cc3)csc21. The maximum atomic E-state index is 13.3. The molecule has 4 rings (SSSR count). The fraction of sp³-hybridized carbons (Fsp3) is 0.261. The van der Waals surface area contributed by atoms with Crippen molar-refractivity contribution in [1.82, 2.24) is 0 Å². The van der Waals surface area contributed by atoms with Gasteiger partial charge < -0.3 is 10.1 Å². The van der Waals surface area contributed by atoms with E-state index >= 15 is 0 Å². The third-order valence-corrected chi connectivity index (χ3v) is 6.09. The summed E-state index contributed by atoms with van der Waals surface area (Å²) < 4.78 is 19.3. The van der Waals surface area contributed by atoms with Crippen molar-refractivity contribution in [2.75, 3.05) is 11.9 Å². The molecule has 0 bridgehead atoms. The van der Waals surface area contributed by atoms with Crippen LogP contribution in [0.15, 0.2) is 53.9 Å². The Bertz CT molecular complexity index is 981. The molecule has 1 aliphatic rings. The van der Waals surface area contributed by atoms with Crippen molar-refractivity contribution in [3.63, 3.8) is 0 Å². The molecule has 3 nitrogen and oxygen atoms in total. The van der Waals surface area contributed by atoms with Gasteiger partial charge >= 0.3 is 0 Å². The van der Waals surface area contributed by atoms with Gasteiger partial charge in [-0.25, -0.2) is 4.39 Å². The Hall–Kier alpha value is -2.66. The molecule has 0 radical (unpaired) electrons. The molecule has 3 aromatic rings. The maximum Gasteiger partial charge on any atom is 0.225 e. The van der Waals surface area contributed by atoms with Crippen LogP contribution in [-0.2, 0) is 4.79 Å². The predicted molar refractivity (Wildman–Crippen MR) is 112 cm³/mol. The van der Waals surface area contributed by atoms with E-state index in [1.807, 2.05) is 29.6 Å². The first-order valence-corrected chi connectivity index (χ1v) is 10.4. The van der Waals surface area contributed by atoms with E-state index in [0.29, 0.717) is 13.0 Å².